The fourth-order valence-corrected chi connectivity index (χ4v) is 9.34. The summed E-state index contributed by atoms with van der Waals surface area (Å²) >= 11 is 1.19. The van der Waals surface area contributed by atoms with Crippen LogP contribution >= 0.6 is 11.8 Å². The van der Waals surface area contributed by atoms with Crippen molar-refractivity contribution in [2.24, 2.45) is 0 Å². The molecule has 1 atom stereocenters. The predicted octanol–water partition coefficient (Wildman–Crippen LogP) is 5.32. The number of ether oxygens (including phenoxy) is 1. The summed E-state index contributed by atoms with van der Waals surface area (Å²) in [6.45, 7) is 5.32. The summed E-state index contributed by atoms with van der Waals surface area (Å²) in [5.74, 6) is 1.81. The molecule has 0 bridgehead atoms. The molecule has 0 saturated carbocycles. The summed E-state index contributed by atoms with van der Waals surface area (Å²) in [5.41, 5.74) is 2.98. The molecular formula is C35H46F3N5O4S2. The van der Waals surface area contributed by atoms with Gasteiger partial charge in [-0.3, -0.25) is 4.68 Å². The number of hydrogen-bond acceptors (Lipinski definition) is 8. The number of rotatable bonds is 12. The number of alkyl halides is 3. The number of fused-ring (bicyclic) bond motifs is 1. The zero-order chi connectivity index (χ0) is 34.8. The van der Waals surface area contributed by atoms with Crippen LogP contribution < -0.4 is 4.74 Å². The van der Waals surface area contributed by atoms with Crippen LogP contribution in [-0.4, -0.2) is 108 Å². The van der Waals surface area contributed by atoms with Crippen LogP contribution in [0.15, 0.2) is 47.4 Å². The van der Waals surface area contributed by atoms with Crippen LogP contribution in [0.2, 0.25) is 0 Å². The zero-order valence-electron chi connectivity index (χ0n) is 28.2. The van der Waals surface area contributed by atoms with Gasteiger partial charge in [-0.15, -0.1) is 11.8 Å². The average molecular weight is 722 g/mol. The minimum absolute atomic E-state index is 0.0779. The second kappa shape index (κ2) is 15.3. The number of piperidine rings is 1. The van der Waals surface area contributed by atoms with Crippen molar-refractivity contribution in [2.75, 3.05) is 64.9 Å². The Morgan fingerprint density at radius 1 is 1.02 bits per heavy atom. The molecule has 6 rings (SSSR count). The molecule has 4 heterocycles. The molecule has 1 N–H and O–H groups in total. The van der Waals surface area contributed by atoms with Gasteiger partial charge in [-0.25, -0.2) is 8.42 Å². The number of nitrogens with zero attached hydrogens (tertiary/aromatic N) is 5. The first-order valence-electron chi connectivity index (χ1n) is 17.0. The molecule has 49 heavy (non-hydrogen) atoms. The first-order valence-corrected chi connectivity index (χ1v) is 19.9. The van der Waals surface area contributed by atoms with E-state index in [-0.39, 0.29) is 24.5 Å². The Balaban J connectivity index is 1.21. The van der Waals surface area contributed by atoms with Gasteiger partial charge in [0.25, 0.3) is 0 Å². The summed E-state index contributed by atoms with van der Waals surface area (Å²) in [4.78, 5) is 4.66. The molecule has 9 nitrogen and oxygen atoms in total. The molecule has 1 aromatic heterocycles. The number of aliphatic hydroxyl groups excluding tert-OH is 1. The van der Waals surface area contributed by atoms with Gasteiger partial charge in [0.05, 0.1) is 37.3 Å². The van der Waals surface area contributed by atoms with E-state index in [2.05, 4.69) is 15.9 Å². The lowest BCUT2D eigenvalue weighted by molar-refractivity contribution is -0.139. The number of β-amino-alcohol motifs (C(OH)–C–C–N with tert-alkyl or cyclic N) is 1. The normalized spacial score (nSPS) is 19.3. The average Bonchev–Trinajstić information content (AvgIpc) is 3.72. The Morgan fingerprint density at radius 2 is 1.76 bits per heavy atom. The van der Waals surface area contributed by atoms with Gasteiger partial charge < -0.3 is 19.6 Å². The maximum atomic E-state index is 14.1. The van der Waals surface area contributed by atoms with Crippen LogP contribution in [0.4, 0.5) is 13.2 Å². The van der Waals surface area contributed by atoms with E-state index < -0.39 is 27.9 Å². The van der Waals surface area contributed by atoms with Gasteiger partial charge in [-0.2, -0.15) is 22.6 Å². The first-order chi connectivity index (χ1) is 23.4. The lowest BCUT2D eigenvalue weighted by Crippen LogP contribution is -2.40. The topological polar surface area (TPSA) is 91.1 Å². The van der Waals surface area contributed by atoms with Gasteiger partial charge in [0.1, 0.15) is 5.75 Å². The zero-order valence-corrected chi connectivity index (χ0v) is 29.8. The Kier molecular flexibility index (Phi) is 11.3. The lowest BCUT2D eigenvalue weighted by Gasteiger charge is -2.34. The minimum Gasteiger partial charge on any atom is -0.496 e. The van der Waals surface area contributed by atoms with E-state index in [1.807, 2.05) is 18.2 Å². The number of thioether (sulfide) groups is 1. The van der Waals surface area contributed by atoms with Crippen LogP contribution in [-0.2, 0) is 35.7 Å². The van der Waals surface area contributed by atoms with Crippen molar-refractivity contribution >= 4 is 21.8 Å². The van der Waals surface area contributed by atoms with Crippen molar-refractivity contribution in [1.82, 2.24) is 23.9 Å². The second-order valence-electron chi connectivity index (χ2n) is 13.4. The molecule has 3 aliphatic heterocycles. The Hall–Kier alpha value is -2.62. The van der Waals surface area contributed by atoms with Crippen molar-refractivity contribution in [2.45, 2.75) is 68.3 Å². The number of benzene rings is 2. The van der Waals surface area contributed by atoms with Crippen LogP contribution in [0, 0.1) is 0 Å². The summed E-state index contributed by atoms with van der Waals surface area (Å²) in [7, 11) is -1.82. The smallest absolute Gasteiger partial charge is 0.417 e. The number of sulfonamides is 1. The Morgan fingerprint density at radius 3 is 2.45 bits per heavy atom. The number of para-hydroxylation sites is 1. The van der Waals surface area contributed by atoms with E-state index in [9.17, 15) is 26.7 Å². The standard InChI is InChI=1S/C35H46F3N5O4S2/c1-47-32-8-4-3-7-28(32)25-11-16-41(17-12-25)22-27(44)23-43-31-13-18-42(49(2,45)46)24-29(31)34(39-43)26-9-10-30(35(36,37)38)33(21-26)48-20-19-40-14-5-6-15-40/h3-4,7-10,21,25,27,44H,5-6,11-20,22-24H2,1-2H3. The van der Waals surface area contributed by atoms with Crippen LogP contribution in [0.3, 0.4) is 0 Å². The quantitative estimate of drug-likeness (QED) is 0.252. The fourth-order valence-electron chi connectivity index (χ4n) is 7.43. The van der Waals surface area contributed by atoms with E-state index in [1.54, 1.807) is 17.9 Å². The van der Waals surface area contributed by atoms with Crippen LogP contribution in [0.1, 0.15) is 54.0 Å². The highest BCUT2D eigenvalue weighted by atomic mass is 32.2. The summed E-state index contributed by atoms with van der Waals surface area (Å²) in [6.07, 6.45) is 0.431. The lowest BCUT2D eigenvalue weighted by atomic mass is 9.88. The van der Waals surface area contributed by atoms with E-state index in [0.717, 1.165) is 82.2 Å². The van der Waals surface area contributed by atoms with Crippen molar-refractivity contribution < 1.29 is 31.4 Å². The molecule has 3 aromatic rings. The van der Waals surface area contributed by atoms with E-state index in [4.69, 9.17) is 9.84 Å². The largest absolute Gasteiger partial charge is 0.496 e. The number of aliphatic hydroxyl groups is 1. The molecule has 0 aliphatic carbocycles. The van der Waals surface area contributed by atoms with Gasteiger partial charge >= 0.3 is 6.18 Å². The minimum atomic E-state index is -4.51. The summed E-state index contributed by atoms with van der Waals surface area (Å²) in [5, 5.41) is 16.1. The molecule has 0 spiro atoms. The molecule has 0 amide bonds. The predicted molar refractivity (Wildman–Crippen MR) is 185 cm³/mol. The number of methoxy groups -OCH3 is 1. The molecule has 2 aromatic carbocycles. The van der Waals surface area contributed by atoms with Crippen molar-refractivity contribution in [3.05, 3.63) is 64.8 Å². The maximum absolute atomic E-state index is 14.1. The van der Waals surface area contributed by atoms with Gasteiger partial charge in [0.2, 0.25) is 10.0 Å². The second-order valence-corrected chi connectivity index (χ2v) is 16.5. The number of hydrogen-bond donors (Lipinski definition) is 1. The van der Waals surface area contributed by atoms with E-state index >= 15 is 0 Å². The van der Waals surface area contributed by atoms with Crippen molar-refractivity contribution in [3.63, 3.8) is 0 Å². The first kappa shape index (κ1) is 36.2. The Labute approximate surface area is 291 Å². The van der Waals surface area contributed by atoms with E-state index in [0.29, 0.717) is 41.5 Å². The number of likely N-dealkylation sites (tertiary alicyclic amines) is 2. The molecule has 2 saturated heterocycles. The fraction of sp³-hybridized carbons (Fsp3) is 0.571. The number of halogens is 3. The highest BCUT2D eigenvalue weighted by molar-refractivity contribution is 7.99. The molecular weight excluding hydrogens is 676 g/mol. The van der Waals surface area contributed by atoms with Gasteiger partial charge in [-0.1, -0.05) is 24.3 Å². The SMILES string of the molecule is COc1ccccc1C1CCN(CC(O)Cn2nc(-c3ccc(C(F)(F)F)c(SCCN4CCCC4)c3)c3c2CCN(S(C)(=O)=O)C3)CC1. The highest BCUT2D eigenvalue weighted by Gasteiger charge is 2.35. The number of aromatic nitrogens is 2. The van der Waals surface area contributed by atoms with Gasteiger partial charge in [-0.05, 0) is 81.5 Å². The summed E-state index contributed by atoms with van der Waals surface area (Å²) in [6, 6.07) is 12.2. The third kappa shape index (κ3) is 8.65. The van der Waals surface area contributed by atoms with Crippen LogP contribution in [0.25, 0.3) is 11.3 Å². The molecule has 1 unspecified atom stereocenters. The maximum Gasteiger partial charge on any atom is 0.417 e. The monoisotopic (exact) mass is 721 g/mol. The third-order valence-corrected chi connectivity index (χ3v) is 12.3. The summed E-state index contributed by atoms with van der Waals surface area (Å²) < 4.78 is 76.1. The highest BCUT2D eigenvalue weighted by Crippen LogP contribution is 2.41. The van der Waals surface area contributed by atoms with Gasteiger partial charge in [0.15, 0.2) is 0 Å². The van der Waals surface area contributed by atoms with Gasteiger partial charge in [0, 0.05) is 60.1 Å². The van der Waals surface area contributed by atoms with Crippen molar-refractivity contribution in [1.29, 1.82) is 0 Å². The molecule has 268 valence electrons. The van der Waals surface area contributed by atoms with Crippen molar-refractivity contribution in [3.8, 4) is 17.0 Å². The molecule has 14 heteroatoms. The Bertz CT molecular complexity index is 1700. The van der Waals surface area contributed by atoms with Crippen LogP contribution in [0.5, 0.6) is 5.75 Å². The van der Waals surface area contributed by atoms with E-state index in [1.165, 1.54) is 27.7 Å². The molecule has 0 radical (unpaired) electrons. The third-order valence-electron chi connectivity index (χ3n) is 10.0. The molecule has 3 aliphatic rings. The molecule has 2 fully saturated rings.